The van der Waals surface area contributed by atoms with Crippen molar-refractivity contribution in [2.45, 2.75) is 13.8 Å². The van der Waals surface area contributed by atoms with Gasteiger partial charge in [0.25, 0.3) is 11.8 Å². The highest BCUT2D eigenvalue weighted by Gasteiger charge is 2.35. The first kappa shape index (κ1) is 18.8. The Hall–Kier alpha value is -2.99. The second-order valence-electron chi connectivity index (χ2n) is 6.73. The Morgan fingerprint density at radius 1 is 1.04 bits per heavy atom. The maximum absolute atomic E-state index is 13.1. The Bertz CT molecular complexity index is 962. The van der Waals surface area contributed by atoms with Crippen LogP contribution in [0.15, 0.2) is 48.0 Å². The Labute approximate surface area is 164 Å². The van der Waals surface area contributed by atoms with Crippen LogP contribution in [0.5, 0.6) is 0 Å². The monoisotopic (exact) mass is 379 g/mol. The van der Waals surface area contributed by atoms with Crippen LogP contribution in [0.1, 0.15) is 16.7 Å². The van der Waals surface area contributed by atoms with E-state index in [9.17, 15) is 9.59 Å². The minimum atomic E-state index is -0.484. The molecule has 0 saturated carbocycles. The Morgan fingerprint density at radius 3 is 2.30 bits per heavy atom. The summed E-state index contributed by atoms with van der Waals surface area (Å²) in [5, 5.41) is 2.72. The smallest absolute Gasteiger partial charge is 0.270 e. The lowest BCUT2D eigenvalue weighted by Crippen LogP contribution is -2.54. The predicted octanol–water partition coefficient (Wildman–Crippen LogP) is 3.20. The number of hydrogen-bond donors (Lipinski definition) is 1. The molecule has 27 heavy (non-hydrogen) atoms. The molecule has 2 amide bonds. The van der Waals surface area contributed by atoms with E-state index in [4.69, 9.17) is 12.2 Å². The first-order valence-electron chi connectivity index (χ1n) is 8.54. The highest BCUT2D eigenvalue weighted by atomic mass is 32.1. The van der Waals surface area contributed by atoms with Gasteiger partial charge in [0.1, 0.15) is 5.57 Å². The summed E-state index contributed by atoms with van der Waals surface area (Å²) in [5.74, 6) is -0.907. The molecule has 0 aliphatic carbocycles. The second-order valence-corrected chi connectivity index (χ2v) is 7.12. The lowest BCUT2D eigenvalue weighted by atomic mass is 10.0. The van der Waals surface area contributed by atoms with E-state index in [1.165, 1.54) is 4.90 Å². The van der Waals surface area contributed by atoms with E-state index in [2.05, 4.69) is 5.32 Å². The summed E-state index contributed by atoms with van der Waals surface area (Å²) in [4.78, 5) is 28.8. The number of anilines is 2. The highest BCUT2D eigenvalue weighted by molar-refractivity contribution is 7.80. The van der Waals surface area contributed by atoms with Crippen LogP contribution in [0.25, 0.3) is 6.08 Å². The van der Waals surface area contributed by atoms with Gasteiger partial charge in [0.2, 0.25) is 0 Å². The third-order valence-electron chi connectivity index (χ3n) is 4.42. The number of amides is 2. The fourth-order valence-corrected chi connectivity index (χ4v) is 3.24. The van der Waals surface area contributed by atoms with E-state index in [0.717, 1.165) is 22.4 Å². The molecule has 6 heteroatoms. The SMILES string of the molecule is Cc1ccc(N2C(=O)/C(=C\c3ccc(N(C)C)cc3)C(=O)NC2=S)c(C)c1. The number of hydrogen-bond acceptors (Lipinski definition) is 4. The second kappa shape index (κ2) is 7.32. The molecule has 0 radical (unpaired) electrons. The summed E-state index contributed by atoms with van der Waals surface area (Å²) in [6.45, 7) is 3.90. The van der Waals surface area contributed by atoms with Gasteiger partial charge in [-0.2, -0.15) is 0 Å². The van der Waals surface area contributed by atoms with Crippen molar-refractivity contribution in [3.63, 3.8) is 0 Å². The number of rotatable bonds is 3. The van der Waals surface area contributed by atoms with Crippen molar-refractivity contribution < 1.29 is 9.59 Å². The minimum Gasteiger partial charge on any atom is -0.378 e. The van der Waals surface area contributed by atoms with Crippen molar-refractivity contribution in [3.8, 4) is 0 Å². The molecule has 0 unspecified atom stereocenters. The first-order chi connectivity index (χ1) is 12.8. The number of carbonyl (C=O) groups is 2. The molecular formula is C21H21N3O2S. The molecule has 1 aliphatic heterocycles. The van der Waals surface area contributed by atoms with Crippen LogP contribution < -0.4 is 15.1 Å². The van der Waals surface area contributed by atoms with Gasteiger partial charge < -0.3 is 4.90 Å². The molecule has 0 spiro atoms. The molecule has 1 aliphatic rings. The maximum Gasteiger partial charge on any atom is 0.270 e. The van der Waals surface area contributed by atoms with Gasteiger partial charge in [-0.05, 0) is 61.5 Å². The van der Waals surface area contributed by atoms with Crippen molar-refractivity contribution in [3.05, 3.63) is 64.7 Å². The van der Waals surface area contributed by atoms with E-state index < -0.39 is 11.8 Å². The predicted molar refractivity (Wildman–Crippen MR) is 113 cm³/mol. The van der Waals surface area contributed by atoms with E-state index in [0.29, 0.717) is 5.69 Å². The summed E-state index contributed by atoms with van der Waals surface area (Å²) in [6.07, 6.45) is 1.59. The van der Waals surface area contributed by atoms with Gasteiger partial charge in [-0.15, -0.1) is 0 Å². The lowest BCUT2D eigenvalue weighted by Gasteiger charge is -2.30. The molecule has 5 nitrogen and oxygen atoms in total. The van der Waals surface area contributed by atoms with Crippen LogP contribution in [-0.4, -0.2) is 31.0 Å². The molecule has 1 fully saturated rings. The number of nitrogens with one attached hydrogen (secondary N) is 1. The Morgan fingerprint density at radius 2 is 1.70 bits per heavy atom. The number of aryl methyl sites for hydroxylation is 2. The standard InChI is InChI=1S/C21H21N3O2S/c1-13-5-10-18(14(2)11-13)24-20(26)17(19(25)22-21(24)27)12-15-6-8-16(9-7-15)23(3)4/h5-12H,1-4H3,(H,22,25,27)/b17-12-. The van der Waals surface area contributed by atoms with Crippen LogP contribution in [0, 0.1) is 13.8 Å². The molecule has 1 heterocycles. The van der Waals surface area contributed by atoms with E-state index in [1.807, 2.05) is 75.3 Å². The molecule has 0 bridgehead atoms. The average molecular weight is 379 g/mol. The normalized spacial score (nSPS) is 15.9. The largest absolute Gasteiger partial charge is 0.378 e. The van der Waals surface area contributed by atoms with Crippen molar-refractivity contribution in [2.75, 3.05) is 23.9 Å². The molecule has 0 aromatic heterocycles. The van der Waals surface area contributed by atoms with E-state index in [-0.39, 0.29) is 10.7 Å². The zero-order valence-corrected chi connectivity index (χ0v) is 16.6. The van der Waals surface area contributed by atoms with E-state index >= 15 is 0 Å². The average Bonchev–Trinajstić information content (AvgIpc) is 2.60. The number of nitrogens with zero attached hydrogens (tertiary/aromatic N) is 2. The molecule has 2 aromatic carbocycles. The molecule has 0 atom stereocenters. The molecular weight excluding hydrogens is 358 g/mol. The van der Waals surface area contributed by atoms with Gasteiger partial charge in [-0.25, -0.2) is 0 Å². The summed E-state index contributed by atoms with van der Waals surface area (Å²) in [7, 11) is 3.91. The Balaban J connectivity index is 1.99. The molecule has 2 aromatic rings. The van der Waals surface area contributed by atoms with Crippen LogP contribution in [0.4, 0.5) is 11.4 Å². The topological polar surface area (TPSA) is 52.7 Å². The molecule has 1 saturated heterocycles. The zero-order chi connectivity index (χ0) is 19.7. The maximum atomic E-state index is 13.1. The van der Waals surface area contributed by atoms with Crippen LogP contribution in [-0.2, 0) is 9.59 Å². The first-order valence-corrected chi connectivity index (χ1v) is 8.95. The lowest BCUT2D eigenvalue weighted by molar-refractivity contribution is -0.122. The minimum absolute atomic E-state index is 0.0566. The van der Waals surface area contributed by atoms with Crippen molar-refractivity contribution in [1.29, 1.82) is 0 Å². The van der Waals surface area contributed by atoms with Crippen LogP contribution >= 0.6 is 12.2 Å². The summed E-state index contributed by atoms with van der Waals surface area (Å²) < 4.78 is 0. The van der Waals surface area contributed by atoms with Crippen molar-refractivity contribution in [2.24, 2.45) is 0 Å². The summed E-state index contributed by atoms with van der Waals surface area (Å²) >= 11 is 5.26. The molecule has 1 N–H and O–H groups in total. The van der Waals surface area contributed by atoms with Gasteiger partial charge in [0.05, 0.1) is 5.69 Å². The third-order valence-corrected chi connectivity index (χ3v) is 4.70. The third kappa shape index (κ3) is 3.75. The van der Waals surface area contributed by atoms with Crippen LogP contribution in [0.2, 0.25) is 0 Å². The van der Waals surface area contributed by atoms with Crippen molar-refractivity contribution in [1.82, 2.24) is 5.32 Å². The Kier molecular flexibility index (Phi) is 5.10. The highest BCUT2D eigenvalue weighted by Crippen LogP contribution is 2.26. The molecule has 3 rings (SSSR count). The van der Waals surface area contributed by atoms with Gasteiger partial charge in [0.15, 0.2) is 5.11 Å². The van der Waals surface area contributed by atoms with E-state index in [1.54, 1.807) is 6.08 Å². The summed E-state index contributed by atoms with van der Waals surface area (Å²) in [6, 6.07) is 13.3. The van der Waals surface area contributed by atoms with Crippen molar-refractivity contribution >= 4 is 46.6 Å². The number of thiocarbonyl (C=S) groups is 1. The number of carbonyl (C=O) groups excluding carboxylic acids is 2. The van der Waals surface area contributed by atoms with Crippen LogP contribution in [0.3, 0.4) is 0 Å². The van der Waals surface area contributed by atoms with Gasteiger partial charge in [0, 0.05) is 19.8 Å². The van der Waals surface area contributed by atoms with Gasteiger partial charge >= 0.3 is 0 Å². The number of benzene rings is 2. The quantitative estimate of drug-likeness (QED) is 0.506. The van der Waals surface area contributed by atoms with Gasteiger partial charge in [-0.1, -0.05) is 29.8 Å². The molecule has 138 valence electrons. The van der Waals surface area contributed by atoms with Gasteiger partial charge in [-0.3, -0.25) is 19.8 Å². The fourth-order valence-electron chi connectivity index (χ4n) is 2.97. The summed E-state index contributed by atoms with van der Waals surface area (Å²) in [5.41, 5.74) is 4.54. The fraction of sp³-hybridized carbons (Fsp3) is 0.190. The zero-order valence-electron chi connectivity index (χ0n) is 15.7.